The Hall–Kier alpha value is -2.97. The Morgan fingerprint density at radius 3 is 2.55 bits per heavy atom. The molecule has 0 heterocycles. The highest BCUT2D eigenvalue weighted by atomic mass is 16.6. The molecule has 0 amide bonds. The van der Waals surface area contributed by atoms with Crippen LogP contribution in [0.5, 0.6) is 0 Å². The molecule has 0 saturated carbocycles. The second kappa shape index (κ2) is 6.83. The minimum atomic E-state index is -1.12. The minimum absolute atomic E-state index is 0.0184. The van der Waals surface area contributed by atoms with Crippen molar-refractivity contribution in [1.82, 2.24) is 0 Å². The molecule has 0 aliphatic rings. The molecule has 0 saturated heterocycles. The van der Waals surface area contributed by atoms with Gasteiger partial charge >= 0.3 is 11.7 Å². The van der Waals surface area contributed by atoms with E-state index in [2.05, 4.69) is 10.1 Å². The fourth-order valence-electron chi connectivity index (χ4n) is 1.29. The summed E-state index contributed by atoms with van der Waals surface area (Å²) in [6.07, 6.45) is 0.764. The van der Waals surface area contributed by atoms with Crippen molar-refractivity contribution in [3.63, 3.8) is 0 Å². The van der Waals surface area contributed by atoms with Crippen LogP contribution in [0.2, 0.25) is 0 Å². The van der Waals surface area contributed by atoms with E-state index in [4.69, 9.17) is 0 Å². The van der Waals surface area contributed by atoms with Crippen LogP contribution < -0.4 is 5.32 Å². The predicted octanol–water partition coefficient (Wildman–Crippen LogP) is 1.69. The van der Waals surface area contributed by atoms with Gasteiger partial charge in [0.05, 0.1) is 22.7 Å². The highest BCUT2D eigenvalue weighted by Gasteiger charge is 2.23. The SMILES string of the molecule is CCOC(=O)/C(=C\Nc1ccccc1[N+](=O)[O-])[N+](=O)[O-]. The summed E-state index contributed by atoms with van der Waals surface area (Å²) in [6, 6.07) is 5.55. The highest BCUT2D eigenvalue weighted by molar-refractivity contribution is 5.86. The topological polar surface area (TPSA) is 125 Å². The van der Waals surface area contributed by atoms with E-state index < -0.39 is 21.5 Å². The fourth-order valence-corrected chi connectivity index (χ4v) is 1.29. The van der Waals surface area contributed by atoms with Gasteiger partial charge in [0, 0.05) is 6.07 Å². The Balaban J connectivity index is 3.02. The number of nitro benzene ring substituents is 1. The molecule has 0 aromatic heterocycles. The maximum atomic E-state index is 11.3. The van der Waals surface area contributed by atoms with Crippen molar-refractivity contribution in [1.29, 1.82) is 0 Å². The number of anilines is 1. The third-order valence-electron chi connectivity index (χ3n) is 2.15. The number of para-hydroxylation sites is 2. The van der Waals surface area contributed by atoms with Crippen LogP contribution in [0.25, 0.3) is 0 Å². The van der Waals surface area contributed by atoms with Crippen LogP contribution in [0.1, 0.15) is 6.92 Å². The van der Waals surface area contributed by atoms with E-state index in [1.165, 1.54) is 31.2 Å². The van der Waals surface area contributed by atoms with Gasteiger partial charge in [0.1, 0.15) is 5.69 Å². The first-order valence-corrected chi connectivity index (χ1v) is 5.49. The number of carbonyl (C=O) groups excluding carboxylic acids is 1. The molecule has 0 radical (unpaired) electrons. The van der Waals surface area contributed by atoms with Crippen molar-refractivity contribution in [2.75, 3.05) is 11.9 Å². The van der Waals surface area contributed by atoms with Crippen molar-refractivity contribution in [3.8, 4) is 0 Å². The van der Waals surface area contributed by atoms with Crippen LogP contribution in [0, 0.1) is 20.2 Å². The van der Waals surface area contributed by atoms with E-state index in [9.17, 15) is 25.0 Å². The number of nitrogens with one attached hydrogen (secondary N) is 1. The number of ether oxygens (including phenoxy) is 1. The van der Waals surface area contributed by atoms with E-state index in [1.807, 2.05) is 0 Å². The van der Waals surface area contributed by atoms with Gasteiger partial charge in [-0.3, -0.25) is 20.2 Å². The molecule has 0 atom stereocenters. The number of nitrogens with zero attached hydrogens (tertiary/aromatic N) is 2. The average Bonchev–Trinajstić information content (AvgIpc) is 2.39. The van der Waals surface area contributed by atoms with E-state index in [-0.39, 0.29) is 18.0 Å². The molecular weight excluding hydrogens is 270 g/mol. The molecule has 106 valence electrons. The standard InChI is InChI=1S/C11H11N3O6/c1-2-20-11(15)10(14(18)19)7-12-8-5-3-4-6-9(8)13(16)17/h3-7,12H,2H2,1H3/b10-7+. The Morgan fingerprint density at radius 2 is 2.00 bits per heavy atom. The maximum absolute atomic E-state index is 11.3. The van der Waals surface area contributed by atoms with Crippen molar-refractivity contribution < 1.29 is 19.4 Å². The van der Waals surface area contributed by atoms with Crippen molar-refractivity contribution in [2.45, 2.75) is 6.92 Å². The summed E-state index contributed by atoms with van der Waals surface area (Å²) in [5, 5.41) is 23.8. The zero-order valence-corrected chi connectivity index (χ0v) is 10.4. The van der Waals surface area contributed by atoms with E-state index in [0.717, 1.165) is 6.20 Å². The van der Waals surface area contributed by atoms with Gasteiger partial charge in [0.25, 0.3) is 5.69 Å². The first-order chi connectivity index (χ1) is 9.47. The Bertz CT molecular complexity index is 569. The molecule has 1 N–H and O–H groups in total. The van der Waals surface area contributed by atoms with Crippen LogP contribution in [-0.4, -0.2) is 22.4 Å². The van der Waals surface area contributed by atoms with E-state index >= 15 is 0 Å². The van der Waals surface area contributed by atoms with Gasteiger partial charge < -0.3 is 10.1 Å². The summed E-state index contributed by atoms with van der Waals surface area (Å²) >= 11 is 0. The highest BCUT2D eigenvalue weighted by Crippen LogP contribution is 2.23. The molecule has 0 spiro atoms. The van der Waals surface area contributed by atoms with Crippen LogP contribution in [0.4, 0.5) is 11.4 Å². The van der Waals surface area contributed by atoms with Crippen LogP contribution in [-0.2, 0) is 9.53 Å². The van der Waals surface area contributed by atoms with Crippen molar-refractivity contribution >= 4 is 17.3 Å². The van der Waals surface area contributed by atoms with Gasteiger partial charge in [-0.05, 0) is 13.0 Å². The van der Waals surface area contributed by atoms with Crippen LogP contribution >= 0.6 is 0 Å². The number of carbonyl (C=O) groups is 1. The van der Waals surface area contributed by atoms with Gasteiger partial charge in [-0.25, -0.2) is 4.79 Å². The summed E-state index contributed by atoms with van der Waals surface area (Å²) in [6.45, 7) is 1.49. The number of esters is 1. The van der Waals surface area contributed by atoms with Gasteiger partial charge in [0.2, 0.25) is 0 Å². The smallest absolute Gasteiger partial charge is 0.411 e. The summed E-state index contributed by atoms with van der Waals surface area (Å²) in [4.78, 5) is 31.2. The summed E-state index contributed by atoms with van der Waals surface area (Å²) in [5.74, 6) is -1.12. The third-order valence-corrected chi connectivity index (χ3v) is 2.15. The minimum Gasteiger partial charge on any atom is -0.458 e. The first-order valence-electron chi connectivity index (χ1n) is 5.49. The zero-order chi connectivity index (χ0) is 15.1. The van der Waals surface area contributed by atoms with E-state index in [0.29, 0.717) is 0 Å². The second-order valence-corrected chi connectivity index (χ2v) is 3.43. The Morgan fingerprint density at radius 1 is 1.35 bits per heavy atom. The molecule has 0 aliphatic heterocycles. The predicted molar refractivity (Wildman–Crippen MR) is 68.4 cm³/mol. The maximum Gasteiger partial charge on any atom is 0.411 e. The molecule has 0 unspecified atom stereocenters. The third kappa shape index (κ3) is 3.77. The van der Waals surface area contributed by atoms with Gasteiger partial charge in [-0.1, -0.05) is 12.1 Å². The molecule has 9 heteroatoms. The molecule has 0 fully saturated rings. The lowest BCUT2D eigenvalue weighted by Gasteiger charge is -2.02. The molecule has 1 aromatic carbocycles. The van der Waals surface area contributed by atoms with Gasteiger partial charge in [-0.15, -0.1) is 0 Å². The summed E-state index contributed by atoms with van der Waals surface area (Å²) in [5.41, 5.74) is -1.08. The fraction of sp³-hybridized carbons (Fsp3) is 0.182. The van der Waals surface area contributed by atoms with E-state index in [1.54, 1.807) is 0 Å². The first kappa shape index (κ1) is 15.1. The van der Waals surface area contributed by atoms with Gasteiger partial charge in [-0.2, -0.15) is 0 Å². The number of rotatable bonds is 6. The number of hydrogen-bond acceptors (Lipinski definition) is 7. The molecule has 1 aromatic rings. The lowest BCUT2D eigenvalue weighted by atomic mass is 10.2. The monoisotopic (exact) mass is 281 g/mol. The average molecular weight is 281 g/mol. The van der Waals surface area contributed by atoms with Crippen molar-refractivity contribution in [2.24, 2.45) is 0 Å². The molecular formula is C11H11N3O6. The largest absolute Gasteiger partial charge is 0.458 e. The number of nitro groups is 2. The van der Waals surface area contributed by atoms with Crippen molar-refractivity contribution in [3.05, 3.63) is 56.4 Å². The quantitative estimate of drug-likeness (QED) is 0.364. The summed E-state index contributed by atoms with van der Waals surface area (Å²) < 4.78 is 4.51. The second-order valence-electron chi connectivity index (χ2n) is 3.43. The van der Waals surface area contributed by atoms with Gasteiger partial charge in [0.15, 0.2) is 0 Å². The molecule has 9 nitrogen and oxygen atoms in total. The normalized spacial score (nSPS) is 10.8. The molecule has 1 rings (SSSR count). The number of hydrogen-bond donors (Lipinski definition) is 1. The molecule has 20 heavy (non-hydrogen) atoms. The molecule has 0 aliphatic carbocycles. The lowest BCUT2D eigenvalue weighted by molar-refractivity contribution is -0.421. The van der Waals surface area contributed by atoms with Crippen LogP contribution in [0.3, 0.4) is 0 Å². The lowest BCUT2D eigenvalue weighted by Crippen LogP contribution is -2.16. The number of benzene rings is 1. The molecule has 0 bridgehead atoms. The zero-order valence-electron chi connectivity index (χ0n) is 10.4. The Kier molecular flexibility index (Phi) is 5.15. The summed E-state index contributed by atoms with van der Waals surface area (Å²) in [7, 11) is 0. The van der Waals surface area contributed by atoms with Crippen LogP contribution in [0.15, 0.2) is 36.2 Å². The Labute approximate surface area is 113 Å².